The predicted molar refractivity (Wildman–Crippen MR) is 109 cm³/mol. The number of anilines is 1. The van der Waals surface area contributed by atoms with E-state index in [4.69, 9.17) is 4.74 Å². The Hall–Kier alpha value is -3.12. The fraction of sp³-hybridized carbons (Fsp3) is 0.0476. The zero-order valence-corrected chi connectivity index (χ0v) is 16.1. The Morgan fingerprint density at radius 1 is 1.04 bits per heavy atom. The second kappa shape index (κ2) is 7.25. The van der Waals surface area contributed by atoms with Crippen LogP contribution in [0.4, 0.5) is 5.69 Å². The van der Waals surface area contributed by atoms with Crippen LogP contribution in [-0.4, -0.2) is 15.3 Å². The summed E-state index contributed by atoms with van der Waals surface area (Å²) in [7, 11) is 0. The Kier molecular flexibility index (Phi) is 4.64. The number of para-hydroxylation sites is 3. The lowest BCUT2D eigenvalue weighted by atomic mass is 10.2. The van der Waals surface area contributed by atoms with Gasteiger partial charge in [-0.05, 0) is 59.3 Å². The first-order valence-corrected chi connectivity index (χ1v) is 9.18. The fourth-order valence-corrected chi connectivity index (χ4v) is 3.20. The molecule has 134 valence electrons. The number of aryl methyl sites for hydroxylation is 1. The number of hydrogen-bond donors (Lipinski definition) is 1. The van der Waals surface area contributed by atoms with Crippen molar-refractivity contribution in [2.45, 2.75) is 6.92 Å². The maximum atomic E-state index is 13.0. The number of fused-ring (bicyclic) bond motifs is 1. The largest absolute Gasteiger partial charge is 0.455 e. The van der Waals surface area contributed by atoms with Crippen molar-refractivity contribution in [2.75, 3.05) is 5.32 Å². The Bertz CT molecular complexity index is 1120. The molecule has 0 aliphatic carbocycles. The van der Waals surface area contributed by atoms with Crippen molar-refractivity contribution in [1.29, 1.82) is 0 Å². The molecule has 0 atom stereocenters. The van der Waals surface area contributed by atoms with Crippen molar-refractivity contribution in [3.63, 3.8) is 0 Å². The number of carbonyl (C=O) groups is 1. The molecule has 0 spiro atoms. The SMILES string of the molecule is Cc1nc2ccc(Br)cn2c1C(=O)Nc1ccccc1Oc1ccccc1. The number of nitrogens with zero attached hydrogens (tertiary/aromatic N) is 2. The molecule has 4 rings (SSSR count). The summed E-state index contributed by atoms with van der Waals surface area (Å²) in [5, 5.41) is 2.95. The van der Waals surface area contributed by atoms with Gasteiger partial charge in [-0.25, -0.2) is 4.98 Å². The molecular weight excluding hydrogens is 406 g/mol. The van der Waals surface area contributed by atoms with Gasteiger partial charge in [-0.3, -0.25) is 9.20 Å². The molecule has 2 heterocycles. The Morgan fingerprint density at radius 3 is 2.59 bits per heavy atom. The predicted octanol–water partition coefficient (Wildman–Crippen LogP) is 5.45. The minimum absolute atomic E-state index is 0.248. The summed E-state index contributed by atoms with van der Waals surface area (Å²) in [5.74, 6) is 1.03. The van der Waals surface area contributed by atoms with Gasteiger partial charge in [0.25, 0.3) is 5.91 Å². The van der Waals surface area contributed by atoms with Crippen LogP contribution in [0.3, 0.4) is 0 Å². The molecular formula is C21H16BrN3O2. The number of ether oxygens (including phenoxy) is 1. The summed E-state index contributed by atoms with van der Waals surface area (Å²) < 4.78 is 8.56. The second-order valence-electron chi connectivity index (χ2n) is 5.99. The Morgan fingerprint density at radius 2 is 1.78 bits per heavy atom. The zero-order chi connectivity index (χ0) is 18.8. The molecule has 0 saturated carbocycles. The van der Waals surface area contributed by atoms with Gasteiger partial charge in [0, 0.05) is 10.7 Å². The fourth-order valence-electron chi connectivity index (χ4n) is 2.87. The lowest BCUT2D eigenvalue weighted by Gasteiger charge is -2.12. The molecule has 0 fully saturated rings. The van der Waals surface area contributed by atoms with E-state index in [0.717, 1.165) is 10.1 Å². The lowest BCUT2D eigenvalue weighted by molar-refractivity contribution is 0.102. The lowest BCUT2D eigenvalue weighted by Crippen LogP contribution is -2.16. The number of rotatable bonds is 4. The second-order valence-corrected chi connectivity index (χ2v) is 6.90. The van der Waals surface area contributed by atoms with Crippen molar-refractivity contribution in [3.05, 3.63) is 88.8 Å². The monoisotopic (exact) mass is 421 g/mol. The quantitative estimate of drug-likeness (QED) is 0.476. The number of hydrogen-bond acceptors (Lipinski definition) is 3. The molecule has 0 bridgehead atoms. The van der Waals surface area contributed by atoms with Crippen molar-refractivity contribution >= 4 is 33.2 Å². The van der Waals surface area contributed by atoms with Crippen LogP contribution in [0.2, 0.25) is 0 Å². The van der Waals surface area contributed by atoms with Gasteiger partial charge in [0.05, 0.1) is 11.4 Å². The molecule has 6 heteroatoms. The normalized spacial score (nSPS) is 10.7. The highest BCUT2D eigenvalue weighted by Crippen LogP contribution is 2.29. The standard InChI is InChI=1S/C21H16BrN3O2/c1-14-20(25-13-15(22)11-12-19(25)23-14)21(26)24-17-9-5-6-10-18(17)27-16-7-3-2-4-8-16/h2-13H,1H3,(H,24,26). The van der Waals surface area contributed by atoms with Crippen molar-refractivity contribution in [2.24, 2.45) is 0 Å². The van der Waals surface area contributed by atoms with Crippen LogP contribution >= 0.6 is 15.9 Å². The van der Waals surface area contributed by atoms with Gasteiger partial charge in [0.15, 0.2) is 5.75 Å². The molecule has 1 N–H and O–H groups in total. The number of halogens is 1. The van der Waals surface area contributed by atoms with Gasteiger partial charge >= 0.3 is 0 Å². The highest BCUT2D eigenvalue weighted by atomic mass is 79.9. The molecule has 2 aromatic heterocycles. The van der Waals surface area contributed by atoms with Crippen molar-refractivity contribution in [3.8, 4) is 11.5 Å². The third-order valence-corrected chi connectivity index (χ3v) is 4.55. The number of benzene rings is 2. The summed E-state index contributed by atoms with van der Waals surface area (Å²) in [4.78, 5) is 17.4. The number of pyridine rings is 1. The van der Waals surface area contributed by atoms with Gasteiger partial charge in [-0.15, -0.1) is 0 Å². The maximum Gasteiger partial charge on any atom is 0.274 e. The number of amides is 1. The smallest absolute Gasteiger partial charge is 0.274 e. The van der Waals surface area contributed by atoms with Gasteiger partial charge in [0.2, 0.25) is 0 Å². The molecule has 0 aliphatic rings. The van der Waals surface area contributed by atoms with Gasteiger partial charge in [-0.2, -0.15) is 0 Å². The van der Waals surface area contributed by atoms with E-state index in [-0.39, 0.29) is 5.91 Å². The van der Waals surface area contributed by atoms with Crippen molar-refractivity contribution < 1.29 is 9.53 Å². The minimum Gasteiger partial charge on any atom is -0.455 e. The van der Waals surface area contributed by atoms with Gasteiger partial charge in [0.1, 0.15) is 17.1 Å². The highest BCUT2D eigenvalue weighted by molar-refractivity contribution is 9.10. The van der Waals surface area contributed by atoms with Crippen molar-refractivity contribution in [1.82, 2.24) is 9.38 Å². The third-order valence-electron chi connectivity index (χ3n) is 4.08. The van der Waals surface area contributed by atoms with E-state index in [0.29, 0.717) is 28.6 Å². The summed E-state index contributed by atoms with van der Waals surface area (Å²) >= 11 is 3.44. The van der Waals surface area contributed by atoms with E-state index in [9.17, 15) is 4.79 Å². The molecule has 0 unspecified atom stereocenters. The van der Waals surface area contributed by atoms with Crippen LogP contribution in [0.1, 0.15) is 16.2 Å². The highest BCUT2D eigenvalue weighted by Gasteiger charge is 2.18. The van der Waals surface area contributed by atoms with E-state index in [1.54, 1.807) is 4.40 Å². The van der Waals surface area contributed by atoms with Crippen LogP contribution in [0, 0.1) is 6.92 Å². The number of nitrogens with one attached hydrogen (secondary N) is 1. The Labute approximate surface area is 164 Å². The van der Waals surface area contributed by atoms with Crippen LogP contribution in [0.5, 0.6) is 11.5 Å². The summed E-state index contributed by atoms with van der Waals surface area (Å²) in [6.45, 7) is 1.82. The molecule has 0 radical (unpaired) electrons. The summed E-state index contributed by atoms with van der Waals surface area (Å²) in [6.07, 6.45) is 1.83. The van der Waals surface area contributed by atoms with E-state index in [2.05, 4.69) is 26.2 Å². The van der Waals surface area contributed by atoms with E-state index >= 15 is 0 Å². The molecule has 0 saturated heterocycles. The molecule has 0 aliphatic heterocycles. The summed E-state index contributed by atoms with van der Waals surface area (Å²) in [6, 6.07) is 20.6. The van der Waals surface area contributed by atoms with E-state index in [1.165, 1.54) is 0 Å². The first kappa shape index (κ1) is 17.3. The zero-order valence-electron chi connectivity index (χ0n) is 14.5. The van der Waals surface area contributed by atoms with Crippen LogP contribution in [0.15, 0.2) is 77.4 Å². The molecule has 5 nitrogen and oxygen atoms in total. The van der Waals surface area contributed by atoms with Crippen LogP contribution in [0.25, 0.3) is 5.65 Å². The van der Waals surface area contributed by atoms with E-state index < -0.39 is 0 Å². The number of carbonyl (C=O) groups excluding carboxylic acids is 1. The van der Waals surface area contributed by atoms with Gasteiger partial charge < -0.3 is 10.1 Å². The average Bonchev–Trinajstić information content (AvgIpc) is 2.99. The average molecular weight is 422 g/mol. The topological polar surface area (TPSA) is 55.6 Å². The van der Waals surface area contributed by atoms with Gasteiger partial charge in [-0.1, -0.05) is 30.3 Å². The van der Waals surface area contributed by atoms with Crippen LogP contribution in [-0.2, 0) is 0 Å². The molecule has 2 aromatic carbocycles. The molecule has 4 aromatic rings. The minimum atomic E-state index is -0.248. The Balaban J connectivity index is 1.66. The van der Waals surface area contributed by atoms with E-state index in [1.807, 2.05) is 79.9 Å². The maximum absolute atomic E-state index is 13.0. The number of imidazole rings is 1. The number of aromatic nitrogens is 2. The molecule has 1 amide bonds. The van der Waals surface area contributed by atoms with Crippen LogP contribution < -0.4 is 10.1 Å². The summed E-state index contributed by atoms with van der Waals surface area (Å²) in [5.41, 5.74) is 2.46. The first-order chi connectivity index (χ1) is 13.1. The molecule has 27 heavy (non-hydrogen) atoms. The third kappa shape index (κ3) is 3.57. The first-order valence-electron chi connectivity index (χ1n) is 8.39.